The first-order chi connectivity index (χ1) is 12.4. The maximum atomic E-state index is 15.2. The lowest BCUT2D eigenvalue weighted by atomic mass is 9.97. The lowest BCUT2D eigenvalue weighted by Crippen LogP contribution is -2.42. The number of aliphatic hydroxyl groups excluding tert-OH is 2. The Morgan fingerprint density at radius 3 is 2.85 bits per heavy atom. The molecule has 0 bridgehead atoms. The summed E-state index contributed by atoms with van der Waals surface area (Å²) in [4.78, 5) is 13.5. The molecule has 26 heavy (non-hydrogen) atoms. The smallest absolute Gasteiger partial charge is 0.312 e. The number of imidazole rings is 1. The van der Waals surface area contributed by atoms with Gasteiger partial charge in [0.25, 0.3) is 0 Å². The minimum Gasteiger partial charge on any atom is -0.394 e. The molecule has 8 nitrogen and oxygen atoms in total. The molecule has 0 unspecified atom stereocenters. The van der Waals surface area contributed by atoms with Gasteiger partial charge in [0.1, 0.15) is 12.2 Å². The van der Waals surface area contributed by atoms with E-state index in [9.17, 15) is 14.6 Å². The highest BCUT2D eigenvalue weighted by Gasteiger charge is 2.57. The highest BCUT2D eigenvalue weighted by Crippen LogP contribution is 2.43. The summed E-state index contributed by atoms with van der Waals surface area (Å²) in [6.07, 6.45) is 2.93. The Bertz CT molecular complexity index is 896. The maximum absolute atomic E-state index is 15.2. The molecular weight excluding hydrogens is 348 g/mol. The van der Waals surface area contributed by atoms with Crippen LogP contribution < -0.4 is 4.90 Å². The summed E-state index contributed by atoms with van der Waals surface area (Å²) in [5, 5.41) is 19.4. The molecule has 1 saturated heterocycles. The first kappa shape index (κ1) is 17.1. The van der Waals surface area contributed by atoms with Crippen LogP contribution in [-0.2, 0) is 4.74 Å². The molecule has 1 saturated carbocycles. The highest BCUT2D eigenvalue weighted by atomic mass is 19.1. The number of rotatable bonds is 4. The van der Waals surface area contributed by atoms with Crippen molar-refractivity contribution in [2.24, 2.45) is 0 Å². The van der Waals surface area contributed by atoms with E-state index in [0.717, 1.165) is 17.4 Å². The Labute approximate surface area is 147 Å². The second kappa shape index (κ2) is 5.84. The molecule has 0 amide bonds. The summed E-state index contributed by atoms with van der Waals surface area (Å²) in [6.45, 7) is -0.628. The lowest BCUT2D eigenvalue weighted by molar-refractivity contribution is -0.0504. The van der Waals surface area contributed by atoms with E-state index < -0.39 is 36.8 Å². The van der Waals surface area contributed by atoms with E-state index in [2.05, 4.69) is 15.0 Å². The Morgan fingerprint density at radius 1 is 1.50 bits per heavy atom. The zero-order valence-corrected chi connectivity index (χ0v) is 13.9. The number of terminal acetylenes is 1. The topological polar surface area (TPSA) is 96.5 Å². The van der Waals surface area contributed by atoms with Crippen LogP contribution in [-0.4, -0.2) is 67.3 Å². The van der Waals surface area contributed by atoms with Gasteiger partial charge in [-0.2, -0.15) is 14.4 Å². The molecule has 2 aliphatic rings. The van der Waals surface area contributed by atoms with Crippen LogP contribution in [0.4, 0.5) is 14.6 Å². The van der Waals surface area contributed by atoms with Gasteiger partial charge in [-0.3, -0.25) is 4.57 Å². The van der Waals surface area contributed by atoms with Crippen LogP contribution in [0.1, 0.15) is 19.1 Å². The number of aromatic nitrogens is 4. The van der Waals surface area contributed by atoms with Gasteiger partial charge in [-0.1, -0.05) is 5.92 Å². The monoisotopic (exact) mass is 365 g/mol. The Hall–Kier alpha value is -2.35. The van der Waals surface area contributed by atoms with Gasteiger partial charge in [0.2, 0.25) is 5.67 Å². The van der Waals surface area contributed by atoms with Crippen molar-refractivity contribution in [1.29, 1.82) is 0 Å². The fourth-order valence-corrected chi connectivity index (χ4v) is 3.25. The maximum Gasteiger partial charge on any atom is 0.312 e. The number of nitrogens with zero attached hydrogens (tertiary/aromatic N) is 5. The second-order valence-corrected chi connectivity index (χ2v) is 6.55. The quantitative estimate of drug-likeness (QED) is 0.588. The summed E-state index contributed by atoms with van der Waals surface area (Å²) in [5.74, 6) is 2.18. The van der Waals surface area contributed by atoms with E-state index in [0.29, 0.717) is 0 Å². The van der Waals surface area contributed by atoms with Crippen LogP contribution in [0.2, 0.25) is 0 Å². The predicted molar refractivity (Wildman–Crippen MR) is 86.4 cm³/mol. The largest absolute Gasteiger partial charge is 0.394 e. The molecule has 4 atom stereocenters. The van der Waals surface area contributed by atoms with Gasteiger partial charge in [-0.15, -0.1) is 6.42 Å². The van der Waals surface area contributed by atoms with Crippen molar-refractivity contribution in [3.63, 3.8) is 0 Å². The zero-order valence-electron chi connectivity index (χ0n) is 13.9. The first-order valence-electron chi connectivity index (χ1n) is 8.14. The predicted octanol–water partition coefficient (Wildman–Crippen LogP) is 0.156. The van der Waals surface area contributed by atoms with Crippen molar-refractivity contribution >= 4 is 17.0 Å². The molecule has 2 fully saturated rings. The minimum absolute atomic E-state index is 0.00642. The Balaban J connectivity index is 1.84. The van der Waals surface area contributed by atoms with E-state index in [-0.39, 0.29) is 23.0 Å². The normalized spacial score (nSPS) is 31.3. The van der Waals surface area contributed by atoms with Crippen molar-refractivity contribution in [3.8, 4) is 12.3 Å². The number of anilines is 1. The molecule has 1 aliphatic carbocycles. The molecule has 10 heteroatoms. The molecule has 2 N–H and O–H groups in total. The van der Waals surface area contributed by atoms with Gasteiger partial charge in [0.05, 0.1) is 12.9 Å². The number of hydrogen-bond donors (Lipinski definition) is 2. The second-order valence-electron chi connectivity index (χ2n) is 6.55. The lowest BCUT2D eigenvalue weighted by Gasteiger charge is -2.23. The fraction of sp³-hybridized carbons (Fsp3) is 0.562. The molecule has 0 radical (unpaired) electrons. The third-order valence-corrected chi connectivity index (χ3v) is 4.90. The molecule has 0 spiro atoms. The van der Waals surface area contributed by atoms with E-state index in [1.807, 2.05) is 5.92 Å². The molecule has 1 aliphatic heterocycles. The minimum atomic E-state index is -2.63. The van der Waals surface area contributed by atoms with Gasteiger partial charge < -0.3 is 19.8 Å². The van der Waals surface area contributed by atoms with E-state index in [4.69, 9.17) is 11.2 Å². The van der Waals surface area contributed by atoms with Crippen LogP contribution >= 0.6 is 0 Å². The summed E-state index contributed by atoms with van der Waals surface area (Å²) >= 11 is 0. The average molecular weight is 365 g/mol. The zero-order chi connectivity index (χ0) is 18.6. The fourth-order valence-electron chi connectivity index (χ4n) is 3.25. The number of aliphatic hydroxyl groups is 2. The van der Waals surface area contributed by atoms with Crippen LogP contribution in [0, 0.1) is 18.4 Å². The Morgan fingerprint density at radius 2 is 2.23 bits per heavy atom. The van der Waals surface area contributed by atoms with Crippen LogP contribution in [0.25, 0.3) is 11.2 Å². The molecule has 138 valence electrons. The van der Waals surface area contributed by atoms with Gasteiger partial charge >= 0.3 is 6.08 Å². The van der Waals surface area contributed by atoms with Gasteiger partial charge in [0, 0.05) is 13.1 Å². The van der Waals surface area contributed by atoms with E-state index in [1.54, 1.807) is 11.9 Å². The van der Waals surface area contributed by atoms with Gasteiger partial charge in [-0.25, -0.2) is 9.37 Å². The summed E-state index contributed by atoms with van der Waals surface area (Å²) in [6, 6.07) is 0.243. The third kappa shape index (κ3) is 2.35. The van der Waals surface area contributed by atoms with E-state index >= 15 is 4.39 Å². The molecule has 4 rings (SSSR count). The number of alkyl halides is 1. The number of halogens is 2. The SMILES string of the molecule is C#C[C@@]1(F)[C@H](O)[C@@H](CO)O[C@H]1n1cnc2c(N(C)C3CC3)nc(F)nc21. The third-order valence-electron chi connectivity index (χ3n) is 4.90. The Kier molecular flexibility index (Phi) is 3.83. The number of fused-ring (bicyclic) bond motifs is 1. The molecule has 3 heterocycles. The van der Waals surface area contributed by atoms with Gasteiger partial charge in [-0.05, 0) is 12.8 Å². The van der Waals surface area contributed by atoms with Crippen molar-refractivity contribution in [1.82, 2.24) is 19.5 Å². The molecule has 0 aromatic carbocycles. The summed E-state index contributed by atoms with van der Waals surface area (Å²) in [7, 11) is 1.77. The summed E-state index contributed by atoms with van der Waals surface area (Å²) < 4.78 is 35.8. The van der Waals surface area contributed by atoms with Crippen molar-refractivity contribution < 1.29 is 23.7 Å². The van der Waals surface area contributed by atoms with Crippen molar-refractivity contribution in [2.75, 3.05) is 18.6 Å². The average Bonchev–Trinajstić information content (AvgIpc) is 3.36. The number of hydrogen-bond acceptors (Lipinski definition) is 7. The van der Waals surface area contributed by atoms with Crippen LogP contribution in [0.3, 0.4) is 0 Å². The number of ether oxygens (including phenoxy) is 1. The standard InChI is InChI=1S/C16H17F2N5O3/c1-3-16(18)11(25)9(6-24)26-14(16)23-7-19-10-12(22(2)8-4-5-8)20-15(17)21-13(10)23/h1,7-9,11,14,24-25H,4-6H2,2H3/t9-,11-,14-,16-/m1/s1. The first-order valence-corrected chi connectivity index (χ1v) is 8.14. The van der Waals surface area contributed by atoms with Crippen LogP contribution in [0.5, 0.6) is 0 Å². The molecular formula is C16H17F2N5O3. The molecule has 2 aromatic heterocycles. The van der Waals surface area contributed by atoms with Crippen molar-refractivity contribution in [2.45, 2.75) is 43.0 Å². The van der Waals surface area contributed by atoms with E-state index in [1.165, 1.54) is 6.33 Å². The molecule has 2 aromatic rings. The highest BCUT2D eigenvalue weighted by molar-refractivity contribution is 5.83. The van der Waals surface area contributed by atoms with Crippen LogP contribution in [0.15, 0.2) is 6.33 Å². The van der Waals surface area contributed by atoms with Crippen molar-refractivity contribution in [3.05, 3.63) is 12.4 Å². The summed E-state index contributed by atoms with van der Waals surface area (Å²) in [5.41, 5.74) is -2.37. The van der Waals surface area contributed by atoms with Gasteiger partial charge in [0.15, 0.2) is 23.2 Å².